The molecule has 2 heterocycles. The molecule has 1 aliphatic rings. The third-order valence-corrected chi connectivity index (χ3v) is 7.25. The highest BCUT2D eigenvalue weighted by Crippen LogP contribution is 2.31. The van der Waals surface area contributed by atoms with Crippen LogP contribution in [0, 0.1) is 0 Å². The number of nitrogens with zero attached hydrogens (tertiary/aromatic N) is 3. The average Bonchev–Trinajstić information content (AvgIpc) is 3.19. The summed E-state index contributed by atoms with van der Waals surface area (Å²) in [7, 11) is 1.60. The Hall–Kier alpha value is -3.65. The summed E-state index contributed by atoms with van der Waals surface area (Å²) in [4.78, 5) is 34.1. The van der Waals surface area contributed by atoms with Crippen molar-refractivity contribution in [1.29, 1.82) is 0 Å². The van der Waals surface area contributed by atoms with Crippen molar-refractivity contribution in [1.82, 2.24) is 4.57 Å². The van der Waals surface area contributed by atoms with E-state index in [0.717, 1.165) is 29.9 Å². The zero-order chi connectivity index (χ0) is 25.8. The van der Waals surface area contributed by atoms with E-state index in [9.17, 15) is 9.59 Å². The highest BCUT2D eigenvalue weighted by molar-refractivity contribution is 7.07. The zero-order valence-electron chi connectivity index (χ0n) is 21.3. The summed E-state index contributed by atoms with van der Waals surface area (Å²) < 4.78 is 12.8. The molecule has 1 aliphatic heterocycles. The fraction of sp³-hybridized carbons (Fsp3) is 0.321. The Morgan fingerprint density at radius 3 is 2.33 bits per heavy atom. The average molecular weight is 506 g/mol. The molecule has 0 amide bonds. The van der Waals surface area contributed by atoms with E-state index in [1.807, 2.05) is 42.5 Å². The van der Waals surface area contributed by atoms with Crippen LogP contribution in [0.15, 0.2) is 69.6 Å². The molecule has 7 nitrogen and oxygen atoms in total. The Balaban J connectivity index is 1.84. The maximum absolute atomic E-state index is 13.7. The van der Waals surface area contributed by atoms with Gasteiger partial charge in [0.2, 0.25) is 0 Å². The van der Waals surface area contributed by atoms with Gasteiger partial charge in [0.25, 0.3) is 5.56 Å². The Kier molecular flexibility index (Phi) is 7.74. The third-order valence-electron chi connectivity index (χ3n) is 6.27. The Morgan fingerprint density at radius 2 is 1.75 bits per heavy atom. The van der Waals surface area contributed by atoms with Crippen LogP contribution in [0.3, 0.4) is 0 Å². The number of methoxy groups -OCH3 is 1. The zero-order valence-corrected chi connectivity index (χ0v) is 22.1. The first-order chi connectivity index (χ1) is 17.4. The highest BCUT2D eigenvalue weighted by Gasteiger charge is 2.33. The van der Waals surface area contributed by atoms with E-state index in [1.54, 1.807) is 25.5 Å². The quantitative estimate of drug-likeness (QED) is 0.437. The summed E-state index contributed by atoms with van der Waals surface area (Å²) >= 11 is 1.32. The number of aromatic nitrogens is 1. The lowest BCUT2D eigenvalue weighted by atomic mass is 9.96. The lowest BCUT2D eigenvalue weighted by Gasteiger charge is -2.24. The van der Waals surface area contributed by atoms with Gasteiger partial charge in [0.05, 0.1) is 35.6 Å². The number of carbonyl (C=O) groups excluding carboxylic acids is 1. The molecule has 0 spiro atoms. The summed E-state index contributed by atoms with van der Waals surface area (Å²) in [5.74, 6) is 0.221. The molecule has 1 aromatic heterocycles. The van der Waals surface area contributed by atoms with Gasteiger partial charge in [-0.3, -0.25) is 9.36 Å². The standard InChI is InChI=1S/C28H31N3O4S/c1-6-30(7-2)21-13-9-19(10-14-21)17-23-26(32)31-25(20-11-15-22(34-5)16-12-20)24(27(33)35-8-3)18(4)29-28(31)36-23/h9-17,25H,6-8H2,1-5H3/b23-17+. The second-order valence-electron chi connectivity index (χ2n) is 8.34. The minimum Gasteiger partial charge on any atom is -0.497 e. The summed E-state index contributed by atoms with van der Waals surface area (Å²) in [6.45, 7) is 9.90. The normalized spacial score (nSPS) is 15.4. The van der Waals surface area contributed by atoms with E-state index in [2.05, 4.69) is 35.9 Å². The van der Waals surface area contributed by atoms with Crippen molar-refractivity contribution in [2.24, 2.45) is 4.99 Å². The molecular weight excluding hydrogens is 474 g/mol. The van der Waals surface area contributed by atoms with Gasteiger partial charge in [0, 0.05) is 18.8 Å². The van der Waals surface area contributed by atoms with Gasteiger partial charge in [-0.1, -0.05) is 35.6 Å². The minimum atomic E-state index is -0.640. The largest absolute Gasteiger partial charge is 0.497 e. The SMILES string of the molecule is CCOC(=O)C1=C(C)N=c2s/c(=C/c3ccc(N(CC)CC)cc3)c(=O)n2C1c1ccc(OC)cc1. The number of hydrogen-bond donors (Lipinski definition) is 0. The van der Waals surface area contributed by atoms with Crippen molar-refractivity contribution in [3.63, 3.8) is 0 Å². The van der Waals surface area contributed by atoms with Crippen LogP contribution in [-0.2, 0) is 9.53 Å². The van der Waals surface area contributed by atoms with Gasteiger partial charge in [-0.2, -0.15) is 0 Å². The van der Waals surface area contributed by atoms with E-state index in [4.69, 9.17) is 9.47 Å². The molecule has 1 atom stereocenters. The number of hydrogen-bond acceptors (Lipinski definition) is 7. The Morgan fingerprint density at radius 1 is 1.08 bits per heavy atom. The van der Waals surface area contributed by atoms with E-state index >= 15 is 0 Å². The molecule has 2 aromatic carbocycles. The van der Waals surface area contributed by atoms with Gasteiger partial charge < -0.3 is 14.4 Å². The lowest BCUT2D eigenvalue weighted by molar-refractivity contribution is -0.139. The number of benzene rings is 2. The van der Waals surface area contributed by atoms with Crippen LogP contribution in [0.5, 0.6) is 5.75 Å². The second kappa shape index (κ2) is 11.0. The van der Waals surface area contributed by atoms with Crippen LogP contribution in [0.25, 0.3) is 6.08 Å². The van der Waals surface area contributed by atoms with Crippen molar-refractivity contribution in [3.05, 3.63) is 90.6 Å². The Bertz CT molecular complexity index is 1450. The van der Waals surface area contributed by atoms with Gasteiger partial charge in [0.1, 0.15) is 5.75 Å². The Labute approximate surface area is 214 Å². The number of ether oxygens (including phenoxy) is 2. The van der Waals surface area contributed by atoms with E-state index in [1.165, 1.54) is 11.3 Å². The summed E-state index contributed by atoms with van der Waals surface area (Å²) in [5.41, 5.74) is 3.58. The summed E-state index contributed by atoms with van der Waals surface area (Å²) in [6, 6.07) is 14.9. The van der Waals surface area contributed by atoms with Crippen LogP contribution >= 0.6 is 11.3 Å². The van der Waals surface area contributed by atoms with Crippen molar-refractivity contribution in [3.8, 4) is 5.75 Å². The lowest BCUT2D eigenvalue weighted by Crippen LogP contribution is -2.39. The molecule has 0 aliphatic carbocycles. The molecule has 0 radical (unpaired) electrons. The highest BCUT2D eigenvalue weighted by atomic mass is 32.1. The predicted octanol–water partition coefficient (Wildman–Crippen LogP) is 3.65. The number of esters is 1. The van der Waals surface area contributed by atoms with Gasteiger partial charge in [-0.25, -0.2) is 9.79 Å². The first-order valence-corrected chi connectivity index (χ1v) is 12.9. The maximum Gasteiger partial charge on any atom is 0.338 e. The first-order valence-electron chi connectivity index (χ1n) is 12.1. The molecule has 188 valence electrons. The molecule has 0 saturated heterocycles. The van der Waals surface area contributed by atoms with Crippen LogP contribution in [0.2, 0.25) is 0 Å². The fourth-order valence-corrected chi connectivity index (χ4v) is 5.46. The van der Waals surface area contributed by atoms with Crippen molar-refractivity contribution >= 4 is 29.1 Å². The number of rotatable bonds is 8. The van der Waals surface area contributed by atoms with E-state index in [-0.39, 0.29) is 12.2 Å². The number of fused-ring (bicyclic) bond motifs is 1. The monoisotopic (exact) mass is 505 g/mol. The number of anilines is 1. The number of thiazole rings is 1. The van der Waals surface area contributed by atoms with Crippen LogP contribution in [0.1, 0.15) is 44.9 Å². The fourth-order valence-electron chi connectivity index (χ4n) is 4.41. The third kappa shape index (κ3) is 4.86. The van der Waals surface area contributed by atoms with Crippen LogP contribution in [0.4, 0.5) is 5.69 Å². The number of allylic oxidation sites excluding steroid dienone is 1. The molecule has 0 fully saturated rings. The van der Waals surface area contributed by atoms with Crippen LogP contribution in [-0.4, -0.2) is 37.3 Å². The van der Waals surface area contributed by atoms with Crippen LogP contribution < -0.4 is 24.5 Å². The predicted molar refractivity (Wildman–Crippen MR) is 143 cm³/mol. The number of carbonyl (C=O) groups is 1. The van der Waals surface area contributed by atoms with E-state index in [0.29, 0.717) is 26.4 Å². The van der Waals surface area contributed by atoms with Crippen molar-refractivity contribution in [2.45, 2.75) is 33.7 Å². The summed E-state index contributed by atoms with van der Waals surface area (Å²) in [5, 5.41) is 0. The molecule has 3 aromatic rings. The topological polar surface area (TPSA) is 73.1 Å². The van der Waals surface area contributed by atoms with Gasteiger partial charge in [-0.05, 0) is 69.2 Å². The molecule has 1 unspecified atom stereocenters. The molecule has 36 heavy (non-hydrogen) atoms. The molecule has 0 saturated carbocycles. The van der Waals surface area contributed by atoms with E-state index < -0.39 is 12.0 Å². The molecule has 0 N–H and O–H groups in total. The van der Waals surface area contributed by atoms with Crippen molar-refractivity contribution in [2.75, 3.05) is 31.7 Å². The van der Waals surface area contributed by atoms with Gasteiger partial charge in [0.15, 0.2) is 4.80 Å². The molecular formula is C28H31N3O4S. The molecule has 4 rings (SSSR count). The second-order valence-corrected chi connectivity index (χ2v) is 9.35. The summed E-state index contributed by atoms with van der Waals surface area (Å²) in [6.07, 6.45) is 1.88. The maximum atomic E-state index is 13.7. The molecule has 8 heteroatoms. The molecule has 0 bridgehead atoms. The van der Waals surface area contributed by atoms with Crippen molar-refractivity contribution < 1.29 is 14.3 Å². The smallest absolute Gasteiger partial charge is 0.338 e. The minimum absolute atomic E-state index is 0.193. The first kappa shape index (κ1) is 25.4. The van der Waals surface area contributed by atoms with Gasteiger partial charge >= 0.3 is 5.97 Å². The van der Waals surface area contributed by atoms with Gasteiger partial charge in [-0.15, -0.1) is 0 Å².